The molecule has 0 amide bonds. The SMILES string of the molecule is Cc1ccc(Oc2cccc(C3(CC(Cl)(Cl)Cl)CO3)c2)nc1. The summed E-state index contributed by atoms with van der Waals surface area (Å²) in [5.74, 6) is 1.21. The molecule has 1 atom stereocenters. The molecule has 1 saturated heterocycles. The number of epoxide rings is 1. The van der Waals surface area contributed by atoms with E-state index in [1.807, 2.05) is 43.3 Å². The van der Waals surface area contributed by atoms with Crippen LogP contribution in [0.1, 0.15) is 17.5 Å². The van der Waals surface area contributed by atoms with Gasteiger partial charge in [-0.2, -0.15) is 0 Å². The van der Waals surface area contributed by atoms with Gasteiger partial charge in [-0.3, -0.25) is 0 Å². The molecule has 2 heterocycles. The number of aryl methyl sites for hydroxylation is 1. The lowest BCUT2D eigenvalue weighted by Gasteiger charge is -2.18. The van der Waals surface area contributed by atoms with Crippen molar-refractivity contribution in [3.63, 3.8) is 0 Å². The number of nitrogens with zero attached hydrogens (tertiary/aromatic N) is 1. The minimum absolute atomic E-state index is 0.302. The van der Waals surface area contributed by atoms with Gasteiger partial charge in [-0.15, -0.1) is 0 Å². The highest BCUT2D eigenvalue weighted by Gasteiger charge is 2.51. The quantitative estimate of drug-likeness (QED) is 0.559. The zero-order valence-electron chi connectivity index (χ0n) is 11.9. The van der Waals surface area contributed by atoms with Crippen molar-refractivity contribution in [1.82, 2.24) is 4.98 Å². The summed E-state index contributed by atoms with van der Waals surface area (Å²) in [6.45, 7) is 2.51. The molecular weight excluding hydrogens is 345 g/mol. The fourth-order valence-corrected chi connectivity index (χ4v) is 2.91. The molecule has 1 aliphatic heterocycles. The van der Waals surface area contributed by atoms with Gasteiger partial charge in [0, 0.05) is 18.7 Å². The number of halogens is 3. The zero-order chi connectivity index (χ0) is 15.8. The van der Waals surface area contributed by atoms with Crippen molar-refractivity contribution in [1.29, 1.82) is 0 Å². The first-order valence-corrected chi connectivity index (χ1v) is 7.92. The average molecular weight is 359 g/mol. The molecule has 3 rings (SSSR count). The second-order valence-corrected chi connectivity index (χ2v) is 7.89. The highest BCUT2D eigenvalue weighted by molar-refractivity contribution is 6.67. The maximum absolute atomic E-state index is 5.90. The van der Waals surface area contributed by atoms with Gasteiger partial charge < -0.3 is 9.47 Å². The van der Waals surface area contributed by atoms with Crippen LogP contribution in [0.2, 0.25) is 0 Å². The Labute approximate surface area is 144 Å². The molecule has 0 saturated carbocycles. The Morgan fingerprint density at radius 1 is 1.27 bits per heavy atom. The zero-order valence-corrected chi connectivity index (χ0v) is 14.1. The molecule has 0 bridgehead atoms. The predicted octanol–water partition coefficient (Wildman–Crippen LogP) is 5.17. The number of hydrogen-bond donors (Lipinski definition) is 0. The van der Waals surface area contributed by atoms with Crippen molar-refractivity contribution in [2.24, 2.45) is 0 Å². The lowest BCUT2D eigenvalue weighted by Crippen LogP contribution is -2.18. The predicted molar refractivity (Wildman–Crippen MR) is 88.0 cm³/mol. The van der Waals surface area contributed by atoms with Gasteiger partial charge >= 0.3 is 0 Å². The van der Waals surface area contributed by atoms with Crippen LogP contribution >= 0.6 is 34.8 Å². The van der Waals surface area contributed by atoms with E-state index in [0.717, 1.165) is 11.1 Å². The maximum atomic E-state index is 5.90. The molecule has 2 aromatic rings. The van der Waals surface area contributed by atoms with Crippen molar-refractivity contribution in [3.8, 4) is 11.6 Å². The van der Waals surface area contributed by atoms with Crippen molar-refractivity contribution < 1.29 is 9.47 Å². The van der Waals surface area contributed by atoms with Gasteiger partial charge in [0.05, 0.1) is 6.61 Å². The van der Waals surface area contributed by atoms with Gasteiger partial charge in [-0.05, 0) is 30.2 Å². The number of pyridine rings is 1. The van der Waals surface area contributed by atoms with E-state index < -0.39 is 9.39 Å². The van der Waals surface area contributed by atoms with E-state index in [9.17, 15) is 0 Å². The molecule has 0 radical (unpaired) electrons. The number of benzene rings is 1. The highest BCUT2D eigenvalue weighted by Crippen LogP contribution is 2.50. The summed E-state index contributed by atoms with van der Waals surface area (Å²) < 4.78 is 9.96. The molecule has 22 heavy (non-hydrogen) atoms. The first-order valence-electron chi connectivity index (χ1n) is 6.78. The second-order valence-electron chi connectivity index (χ2n) is 5.38. The second kappa shape index (κ2) is 5.89. The van der Waals surface area contributed by atoms with Gasteiger partial charge in [-0.25, -0.2) is 4.98 Å². The van der Waals surface area contributed by atoms with Crippen LogP contribution < -0.4 is 4.74 Å². The molecule has 1 fully saturated rings. The Bertz CT molecular complexity index is 664. The third-order valence-electron chi connectivity index (χ3n) is 3.45. The standard InChI is InChI=1S/C16H14Cl3NO2/c1-11-5-6-14(20-8-11)22-13-4-2-3-12(7-13)15(10-21-15)9-16(17,18)19/h2-8H,9-10H2,1H3. The van der Waals surface area contributed by atoms with Crippen LogP contribution in [0.5, 0.6) is 11.6 Å². The number of aromatic nitrogens is 1. The molecular formula is C16H14Cl3NO2. The fraction of sp³-hybridized carbons (Fsp3) is 0.312. The van der Waals surface area contributed by atoms with E-state index in [4.69, 9.17) is 44.3 Å². The first-order chi connectivity index (χ1) is 10.4. The minimum Gasteiger partial charge on any atom is -0.439 e. The Hall–Kier alpha value is -1.000. The average Bonchev–Trinajstić information content (AvgIpc) is 3.21. The minimum atomic E-state index is -1.36. The van der Waals surface area contributed by atoms with Crippen LogP contribution in [-0.2, 0) is 10.3 Å². The number of rotatable bonds is 4. The van der Waals surface area contributed by atoms with Crippen LogP contribution in [0, 0.1) is 6.92 Å². The third kappa shape index (κ3) is 3.85. The molecule has 1 aromatic carbocycles. The molecule has 0 aliphatic carbocycles. The lowest BCUT2D eigenvalue weighted by molar-refractivity contribution is 0.294. The van der Waals surface area contributed by atoms with E-state index in [1.165, 1.54) is 0 Å². The fourth-order valence-electron chi connectivity index (χ4n) is 2.26. The van der Waals surface area contributed by atoms with E-state index in [2.05, 4.69) is 4.98 Å². The normalized spacial score (nSPS) is 20.7. The summed E-state index contributed by atoms with van der Waals surface area (Å²) in [4.78, 5) is 4.22. The largest absolute Gasteiger partial charge is 0.439 e. The molecule has 0 N–H and O–H groups in total. The number of ether oxygens (including phenoxy) is 2. The van der Waals surface area contributed by atoms with Crippen LogP contribution in [0.4, 0.5) is 0 Å². The Balaban J connectivity index is 1.80. The molecule has 6 heteroatoms. The van der Waals surface area contributed by atoms with Crippen LogP contribution in [-0.4, -0.2) is 15.4 Å². The molecule has 1 aliphatic rings. The summed E-state index contributed by atoms with van der Waals surface area (Å²) in [6, 6.07) is 11.4. The van der Waals surface area contributed by atoms with Gasteiger partial charge in [0.15, 0.2) is 3.79 Å². The lowest BCUT2D eigenvalue weighted by atomic mass is 9.97. The summed E-state index contributed by atoms with van der Waals surface area (Å²) in [5, 5.41) is 0. The molecule has 1 aromatic heterocycles. The maximum Gasteiger partial charge on any atom is 0.219 e. The van der Waals surface area contributed by atoms with E-state index >= 15 is 0 Å². The van der Waals surface area contributed by atoms with Crippen LogP contribution in [0.15, 0.2) is 42.6 Å². The molecule has 0 spiro atoms. The summed E-state index contributed by atoms with van der Waals surface area (Å²) in [7, 11) is 0. The first kappa shape index (κ1) is 15.9. The summed E-state index contributed by atoms with van der Waals surface area (Å²) in [5.41, 5.74) is 1.48. The van der Waals surface area contributed by atoms with Gasteiger partial charge in [-0.1, -0.05) is 53.0 Å². The topological polar surface area (TPSA) is 34.6 Å². The summed E-state index contributed by atoms with van der Waals surface area (Å²) in [6.07, 6.45) is 2.06. The monoisotopic (exact) mass is 357 g/mol. The van der Waals surface area contributed by atoms with Gasteiger partial charge in [0.1, 0.15) is 11.4 Å². The molecule has 116 valence electrons. The summed E-state index contributed by atoms with van der Waals surface area (Å²) >= 11 is 17.7. The van der Waals surface area contributed by atoms with Crippen molar-refractivity contribution >= 4 is 34.8 Å². The highest BCUT2D eigenvalue weighted by atomic mass is 35.6. The van der Waals surface area contributed by atoms with E-state index in [1.54, 1.807) is 6.20 Å². The van der Waals surface area contributed by atoms with Crippen LogP contribution in [0.3, 0.4) is 0 Å². The van der Waals surface area contributed by atoms with E-state index in [0.29, 0.717) is 24.7 Å². The number of alkyl halides is 3. The van der Waals surface area contributed by atoms with Crippen LogP contribution in [0.25, 0.3) is 0 Å². The van der Waals surface area contributed by atoms with Crippen molar-refractivity contribution in [2.75, 3.05) is 6.61 Å². The van der Waals surface area contributed by atoms with Gasteiger partial charge in [0.2, 0.25) is 5.88 Å². The number of hydrogen-bond acceptors (Lipinski definition) is 3. The van der Waals surface area contributed by atoms with Crippen molar-refractivity contribution in [3.05, 3.63) is 53.7 Å². The molecule has 3 nitrogen and oxygen atoms in total. The van der Waals surface area contributed by atoms with Gasteiger partial charge in [0.25, 0.3) is 0 Å². The Kier molecular flexibility index (Phi) is 4.25. The smallest absolute Gasteiger partial charge is 0.219 e. The molecule has 1 unspecified atom stereocenters. The Morgan fingerprint density at radius 2 is 2.05 bits per heavy atom. The Morgan fingerprint density at radius 3 is 2.64 bits per heavy atom. The van der Waals surface area contributed by atoms with E-state index in [-0.39, 0.29) is 0 Å². The third-order valence-corrected chi connectivity index (χ3v) is 3.85. The van der Waals surface area contributed by atoms with Crippen molar-refractivity contribution in [2.45, 2.75) is 22.7 Å².